The molecule has 0 unspecified atom stereocenters. The van der Waals surface area contributed by atoms with Gasteiger partial charge in [0.2, 0.25) is 5.71 Å². The summed E-state index contributed by atoms with van der Waals surface area (Å²) in [7, 11) is -1.36. The predicted molar refractivity (Wildman–Crippen MR) is 283 cm³/mol. The molecule has 11 rings (SSSR count). The zero-order valence-electron chi connectivity index (χ0n) is 40.4. The van der Waals surface area contributed by atoms with E-state index in [0.717, 1.165) is 79.1 Å². The number of rotatable bonds is 9. The Morgan fingerprint density at radius 2 is 1.47 bits per heavy atom. The van der Waals surface area contributed by atoms with Crippen molar-refractivity contribution in [1.82, 2.24) is 19.5 Å². The maximum Gasteiger partial charge on any atom is 0.216 e. The average Bonchev–Trinajstić information content (AvgIpc) is 3.90. The molecule has 1 fully saturated rings. The molecule has 7 heteroatoms. The fourth-order valence-electron chi connectivity index (χ4n) is 10.4. The van der Waals surface area contributed by atoms with Crippen LogP contribution in [0.1, 0.15) is 68.3 Å². The van der Waals surface area contributed by atoms with Gasteiger partial charge in [-0.1, -0.05) is 149 Å². The summed E-state index contributed by atoms with van der Waals surface area (Å²) in [6.45, 7) is 16.1. The minimum absolute atomic E-state index is 0. The number of aromatic nitrogens is 4. The molecule has 0 saturated heterocycles. The first-order chi connectivity index (χ1) is 32.5. The zero-order valence-corrected chi connectivity index (χ0v) is 43.8. The van der Waals surface area contributed by atoms with Crippen molar-refractivity contribution in [2.24, 2.45) is 11.8 Å². The smallest absolute Gasteiger partial charge is 0.216 e. The molecule has 0 spiro atoms. The SMILES string of the molecule is C[Si](C)(C)c1cnc(-c2[c-]cccc2)cc1CC1CCCCC1.Cc1cc(-c2ccccc2)cc(C)c1-n1c(-c2[c-]ccc3c2oc2nc(CC(C)C)ccc23)nc2ccc3ccccc3c21.[Ir]. The van der Waals surface area contributed by atoms with E-state index in [-0.39, 0.29) is 20.1 Å². The molecule has 0 aliphatic heterocycles. The Kier molecular flexibility index (Phi) is 13.8. The third-order valence-corrected chi connectivity index (χ3v) is 15.6. The normalized spacial score (nSPS) is 13.3. The topological polar surface area (TPSA) is 56.7 Å². The van der Waals surface area contributed by atoms with Crippen molar-refractivity contribution in [2.75, 3.05) is 0 Å². The monoisotopic (exact) mass is 1090 g/mol. The summed E-state index contributed by atoms with van der Waals surface area (Å²) in [5.41, 5.74) is 14.9. The molecule has 0 atom stereocenters. The minimum atomic E-state index is -1.36. The first-order valence-corrected chi connectivity index (χ1v) is 27.8. The van der Waals surface area contributed by atoms with Gasteiger partial charge in [-0.25, -0.2) is 4.98 Å². The second kappa shape index (κ2) is 19.9. The first-order valence-electron chi connectivity index (χ1n) is 24.3. The molecule has 4 aromatic heterocycles. The molecule has 0 bridgehead atoms. The van der Waals surface area contributed by atoms with Crippen LogP contribution in [0, 0.1) is 37.8 Å². The van der Waals surface area contributed by atoms with E-state index in [1.165, 1.54) is 66.2 Å². The van der Waals surface area contributed by atoms with Gasteiger partial charge in [0.25, 0.3) is 0 Å². The predicted octanol–water partition coefficient (Wildman–Crippen LogP) is 15.6. The van der Waals surface area contributed by atoms with Crippen LogP contribution in [-0.2, 0) is 32.9 Å². The number of benzene rings is 6. The molecule has 10 aromatic rings. The number of nitrogens with zero attached hydrogens (tertiary/aromatic N) is 4. The van der Waals surface area contributed by atoms with Gasteiger partial charge < -0.3 is 14.0 Å². The number of pyridine rings is 2. The largest absolute Gasteiger partial charge is 0.486 e. The Bertz CT molecular complexity index is 3360. The molecule has 6 aromatic carbocycles. The summed E-state index contributed by atoms with van der Waals surface area (Å²) in [6.07, 6.45) is 11.4. The summed E-state index contributed by atoms with van der Waals surface area (Å²) in [6, 6.07) is 53.6. The molecular formula is C61H60IrN4OSi-2. The number of hydrogen-bond acceptors (Lipinski definition) is 4. The van der Waals surface area contributed by atoms with Gasteiger partial charge in [-0.05, 0) is 107 Å². The van der Waals surface area contributed by atoms with Crippen LogP contribution in [0.15, 0.2) is 144 Å². The van der Waals surface area contributed by atoms with E-state index < -0.39 is 8.07 Å². The second-order valence-corrected chi connectivity index (χ2v) is 25.2. The fourth-order valence-corrected chi connectivity index (χ4v) is 12.0. The molecule has 1 aliphatic carbocycles. The quantitative estimate of drug-likeness (QED) is 0.107. The van der Waals surface area contributed by atoms with Gasteiger partial charge in [0.15, 0.2) is 0 Å². The number of hydrogen-bond donors (Lipinski definition) is 0. The minimum Gasteiger partial charge on any atom is -0.486 e. The molecule has 4 heterocycles. The Labute approximate surface area is 416 Å². The van der Waals surface area contributed by atoms with Gasteiger partial charge in [-0.15, -0.1) is 54.1 Å². The van der Waals surface area contributed by atoms with Gasteiger partial charge in [-0.3, -0.25) is 4.98 Å². The van der Waals surface area contributed by atoms with Crippen molar-refractivity contribution >= 4 is 57.1 Å². The van der Waals surface area contributed by atoms with Crippen molar-refractivity contribution in [1.29, 1.82) is 0 Å². The van der Waals surface area contributed by atoms with Crippen LogP contribution < -0.4 is 5.19 Å². The second-order valence-electron chi connectivity index (χ2n) is 20.2. The summed E-state index contributed by atoms with van der Waals surface area (Å²) in [5.74, 6) is 2.19. The van der Waals surface area contributed by atoms with Crippen molar-refractivity contribution in [3.8, 4) is 39.5 Å². The fraction of sp³-hybridized carbons (Fsp3) is 0.262. The van der Waals surface area contributed by atoms with E-state index in [4.69, 9.17) is 19.4 Å². The maximum atomic E-state index is 6.58. The molecule has 1 saturated carbocycles. The molecule has 345 valence electrons. The van der Waals surface area contributed by atoms with E-state index in [1.807, 2.05) is 18.2 Å². The van der Waals surface area contributed by atoms with Gasteiger partial charge in [0, 0.05) is 48.5 Å². The van der Waals surface area contributed by atoms with Crippen LogP contribution in [0.5, 0.6) is 0 Å². The van der Waals surface area contributed by atoms with Crippen LogP contribution in [0.4, 0.5) is 0 Å². The number of imidazole rings is 1. The third kappa shape index (κ3) is 9.54. The molecule has 1 radical (unpaired) electrons. The summed E-state index contributed by atoms with van der Waals surface area (Å²) < 4.78 is 8.90. The Morgan fingerprint density at radius 1 is 0.721 bits per heavy atom. The Hall–Kier alpha value is -5.98. The Balaban J connectivity index is 0.000000204. The number of fused-ring (bicyclic) bond motifs is 6. The van der Waals surface area contributed by atoms with Crippen LogP contribution in [0.2, 0.25) is 19.6 Å². The number of furan rings is 1. The van der Waals surface area contributed by atoms with Gasteiger partial charge in [0.1, 0.15) is 0 Å². The van der Waals surface area contributed by atoms with Crippen LogP contribution in [0.25, 0.3) is 83.3 Å². The van der Waals surface area contributed by atoms with E-state index >= 15 is 0 Å². The molecule has 1 aliphatic rings. The van der Waals surface area contributed by atoms with Crippen molar-refractivity contribution in [2.45, 2.75) is 92.3 Å². The first kappa shape index (κ1) is 47.1. The van der Waals surface area contributed by atoms with Crippen LogP contribution in [0.3, 0.4) is 0 Å². The van der Waals surface area contributed by atoms with Gasteiger partial charge >= 0.3 is 0 Å². The summed E-state index contributed by atoms with van der Waals surface area (Å²) in [4.78, 5) is 15.0. The zero-order chi connectivity index (χ0) is 46.2. The standard InChI is InChI=1S/C40H32N3O.C21H28NSi.Ir/c1-24(2)21-30-18-19-33-32-15-10-16-34(38(32)44-40(33)41-30)39-42-35-20-17-28-13-8-9-14-31(28)37(35)43(39)36-25(3)22-29(23-26(36)4)27-11-6-5-7-12-27;1-23(2,3)21-16-22-20(18-12-8-5-9-13-18)15-19(21)14-17-10-6-4-7-11-17;/h5-15,17-20,22-24H,21H2,1-4H3;5,8-9,12,15-17H,4,6-7,10-11,14H2,1-3H3;/q2*-1;. The molecule has 0 amide bonds. The van der Waals surface area contributed by atoms with Crippen LogP contribution >= 0.6 is 0 Å². The third-order valence-electron chi connectivity index (χ3n) is 13.6. The van der Waals surface area contributed by atoms with Gasteiger partial charge in [-0.2, -0.15) is 0 Å². The van der Waals surface area contributed by atoms with Crippen molar-refractivity contribution in [3.05, 3.63) is 174 Å². The average molecular weight is 1090 g/mol. The summed E-state index contributed by atoms with van der Waals surface area (Å²) in [5, 5.41) is 5.91. The number of aryl methyl sites for hydroxylation is 2. The summed E-state index contributed by atoms with van der Waals surface area (Å²) >= 11 is 0. The van der Waals surface area contributed by atoms with E-state index in [1.54, 1.807) is 10.8 Å². The van der Waals surface area contributed by atoms with Crippen molar-refractivity contribution in [3.63, 3.8) is 0 Å². The maximum absolute atomic E-state index is 6.58. The van der Waals surface area contributed by atoms with Crippen LogP contribution in [-0.4, -0.2) is 27.6 Å². The van der Waals surface area contributed by atoms with E-state index in [0.29, 0.717) is 11.6 Å². The van der Waals surface area contributed by atoms with Gasteiger partial charge in [0.05, 0.1) is 30.5 Å². The van der Waals surface area contributed by atoms with E-state index in [9.17, 15) is 0 Å². The molecular weight excluding hydrogens is 1030 g/mol. The van der Waals surface area contributed by atoms with E-state index in [2.05, 4.69) is 185 Å². The molecule has 5 nitrogen and oxygen atoms in total. The Morgan fingerprint density at radius 3 is 2.21 bits per heavy atom. The van der Waals surface area contributed by atoms with Crippen molar-refractivity contribution < 1.29 is 24.5 Å². The molecule has 68 heavy (non-hydrogen) atoms. The molecule has 0 N–H and O–H groups in total.